The van der Waals surface area contributed by atoms with Gasteiger partial charge in [0.25, 0.3) is 0 Å². The summed E-state index contributed by atoms with van der Waals surface area (Å²) in [5.74, 6) is -0.399. The van der Waals surface area contributed by atoms with Crippen LogP contribution < -0.4 is 10.2 Å². The highest BCUT2D eigenvalue weighted by Gasteiger charge is 2.29. The molecule has 4 aliphatic heterocycles. The first-order valence-corrected chi connectivity index (χ1v) is 15.2. The van der Waals surface area contributed by atoms with Crippen molar-refractivity contribution in [2.24, 2.45) is 0 Å². The van der Waals surface area contributed by atoms with E-state index in [4.69, 9.17) is 9.47 Å². The molecular formula is C26H33Br2F2IN4O2. The molecule has 6 rings (SSSR count). The highest BCUT2D eigenvalue weighted by atomic mass is 127. The number of halogens is 5. The van der Waals surface area contributed by atoms with E-state index in [1.165, 1.54) is 19.2 Å². The highest BCUT2D eigenvalue weighted by molar-refractivity contribution is 14.1. The predicted molar refractivity (Wildman–Crippen MR) is 158 cm³/mol. The predicted octanol–water partition coefficient (Wildman–Crippen LogP) is 4.59. The summed E-state index contributed by atoms with van der Waals surface area (Å²) in [5, 5.41) is 3.34. The van der Waals surface area contributed by atoms with Gasteiger partial charge >= 0.3 is 0 Å². The van der Waals surface area contributed by atoms with Gasteiger partial charge < -0.3 is 19.7 Å². The van der Waals surface area contributed by atoms with Gasteiger partial charge in [0.1, 0.15) is 11.6 Å². The molecule has 0 aliphatic carbocycles. The highest BCUT2D eigenvalue weighted by Crippen LogP contribution is 2.24. The average molecular weight is 758 g/mol. The number of hydrogen-bond acceptors (Lipinski definition) is 6. The van der Waals surface area contributed by atoms with Crippen LogP contribution in [-0.2, 0) is 9.47 Å². The van der Waals surface area contributed by atoms with Crippen LogP contribution in [0.5, 0.6) is 0 Å². The van der Waals surface area contributed by atoms with E-state index in [2.05, 4.69) is 74.5 Å². The maximum absolute atomic E-state index is 13.5. The molecule has 6 nitrogen and oxygen atoms in total. The third kappa shape index (κ3) is 8.79. The van der Waals surface area contributed by atoms with E-state index >= 15 is 0 Å². The first-order chi connectivity index (χ1) is 17.9. The van der Waals surface area contributed by atoms with E-state index in [0.29, 0.717) is 15.0 Å². The topological polar surface area (TPSA) is 40.2 Å². The second kappa shape index (κ2) is 14.8. The van der Waals surface area contributed by atoms with Gasteiger partial charge in [-0.05, 0) is 90.8 Å². The lowest BCUT2D eigenvalue weighted by molar-refractivity contribution is -0.0677. The van der Waals surface area contributed by atoms with Crippen LogP contribution in [0.1, 0.15) is 0 Å². The third-order valence-electron chi connectivity index (χ3n) is 6.89. The van der Waals surface area contributed by atoms with E-state index in [1.807, 2.05) is 12.1 Å². The number of rotatable bonds is 3. The van der Waals surface area contributed by atoms with E-state index in [9.17, 15) is 8.78 Å². The van der Waals surface area contributed by atoms with E-state index in [-0.39, 0.29) is 11.6 Å². The van der Waals surface area contributed by atoms with Crippen molar-refractivity contribution in [1.82, 2.24) is 15.1 Å². The van der Waals surface area contributed by atoms with Crippen molar-refractivity contribution in [3.8, 4) is 0 Å². The van der Waals surface area contributed by atoms with E-state index in [1.54, 1.807) is 18.2 Å². The maximum Gasteiger partial charge on any atom is 0.139 e. The number of ether oxygens (including phenoxy) is 2. The molecule has 2 aromatic carbocycles. The number of hydrogen-bond donors (Lipinski definition) is 1. The number of nitrogens with one attached hydrogen (secondary N) is 1. The minimum Gasteiger partial charge on any atom is -0.378 e. The van der Waals surface area contributed by atoms with E-state index < -0.39 is 0 Å². The molecule has 0 unspecified atom stereocenters. The van der Waals surface area contributed by atoms with Crippen molar-refractivity contribution in [2.45, 2.75) is 12.1 Å². The Morgan fingerprint density at radius 3 is 1.70 bits per heavy atom. The zero-order valence-electron chi connectivity index (χ0n) is 20.7. The zero-order chi connectivity index (χ0) is 26.2. The molecule has 1 N–H and O–H groups in total. The van der Waals surface area contributed by atoms with Crippen LogP contribution in [0.2, 0.25) is 0 Å². The van der Waals surface area contributed by atoms with E-state index in [0.717, 1.165) is 81.0 Å². The molecule has 11 heteroatoms. The normalized spacial score (nSPS) is 21.2. The summed E-state index contributed by atoms with van der Waals surface area (Å²) in [6.45, 7) is 12.3. The van der Waals surface area contributed by atoms with Crippen molar-refractivity contribution in [2.75, 3.05) is 83.7 Å². The van der Waals surface area contributed by atoms with Crippen LogP contribution in [-0.4, -0.2) is 101 Å². The number of piperazine rings is 2. The number of anilines is 1. The van der Waals surface area contributed by atoms with Gasteiger partial charge in [-0.3, -0.25) is 9.80 Å². The van der Waals surface area contributed by atoms with Crippen LogP contribution in [0, 0.1) is 15.2 Å². The van der Waals surface area contributed by atoms with Crippen LogP contribution in [0.4, 0.5) is 14.5 Å². The van der Waals surface area contributed by atoms with Gasteiger partial charge in [-0.25, -0.2) is 8.78 Å². The van der Waals surface area contributed by atoms with Gasteiger partial charge in [-0.1, -0.05) is 0 Å². The summed E-state index contributed by atoms with van der Waals surface area (Å²) < 4.78 is 38.3. The maximum atomic E-state index is 13.5. The molecule has 0 amide bonds. The lowest BCUT2D eigenvalue weighted by Gasteiger charge is -2.43. The molecule has 0 bridgehead atoms. The quantitative estimate of drug-likeness (QED) is 0.366. The molecule has 204 valence electrons. The fourth-order valence-corrected chi connectivity index (χ4v) is 5.36. The Hall–Kier alpha value is -0.410. The molecule has 4 aliphatic rings. The third-order valence-corrected chi connectivity index (χ3v) is 8.85. The minimum atomic E-state index is -0.207. The summed E-state index contributed by atoms with van der Waals surface area (Å²) >= 11 is 8.30. The first-order valence-electron chi connectivity index (χ1n) is 12.6. The lowest BCUT2D eigenvalue weighted by Crippen LogP contribution is -2.56. The first kappa shape index (κ1) is 29.6. The molecule has 0 atom stereocenters. The van der Waals surface area contributed by atoms with Gasteiger partial charge in [-0.2, -0.15) is 0 Å². The minimum absolute atomic E-state index is 0.192. The fourth-order valence-electron chi connectivity index (χ4n) is 4.41. The summed E-state index contributed by atoms with van der Waals surface area (Å²) in [5.41, 5.74) is 0.972. The summed E-state index contributed by atoms with van der Waals surface area (Å²) in [6, 6.07) is 11.7. The fraction of sp³-hybridized carbons (Fsp3) is 0.538. The number of nitrogens with zero attached hydrogens (tertiary/aromatic N) is 3. The van der Waals surface area contributed by atoms with Crippen molar-refractivity contribution < 1.29 is 18.3 Å². The van der Waals surface area contributed by atoms with Crippen molar-refractivity contribution in [3.63, 3.8) is 0 Å². The molecule has 0 spiro atoms. The molecule has 0 aromatic heterocycles. The molecule has 0 saturated carbocycles. The molecule has 4 fully saturated rings. The molecule has 4 saturated heterocycles. The van der Waals surface area contributed by atoms with Crippen LogP contribution in [0.15, 0.2) is 45.3 Å². The molecule has 2 aromatic rings. The average Bonchev–Trinajstić information content (AvgIpc) is 2.83. The van der Waals surface area contributed by atoms with Crippen molar-refractivity contribution in [3.05, 3.63) is 60.5 Å². The van der Waals surface area contributed by atoms with Gasteiger partial charge in [0.05, 0.1) is 47.5 Å². The lowest BCUT2D eigenvalue weighted by atomic mass is 10.1. The summed E-state index contributed by atoms with van der Waals surface area (Å²) in [6.07, 6.45) is 0. The smallest absolute Gasteiger partial charge is 0.139 e. The Kier molecular flexibility index (Phi) is 11.8. The van der Waals surface area contributed by atoms with Crippen molar-refractivity contribution in [1.29, 1.82) is 0 Å². The number of benzene rings is 2. The Labute approximate surface area is 248 Å². The monoisotopic (exact) mass is 756 g/mol. The van der Waals surface area contributed by atoms with Gasteiger partial charge in [-0.15, -0.1) is 0 Å². The molecule has 37 heavy (non-hydrogen) atoms. The van der Waals surface area contributed by atoms with Gasteiger partial charge in [0, 0.05) is 61.6 Å². The standard InChI is InChI=1S/C13H16BrFN2O.C7H14N2O.C6H3BrFI/c14-12-2-1-10(7-13(12)15)16-3-5-17(6-4-16)11-8-18-9-11;1-3-9(4-2-8-1)7-5-10-6-7;7-5-2-1-4(9)3-6(5)8/h1-2,7,11H,3-6,8-9H2;7-8H,1-6H2;1-3H. The SMILES string of the molecule is C1CN(C2COC2)CCN1.Fc1cc(I)ccc1Br.Fc1cc(N2CCN(C3COC3)CC2)ccc1Br. The Balaban J connectivity index is 0.000000143. The second-order valence-corrected chi connectivity index (χ2v) is 12.3. The van der Waals surface area contributed by atoms with Crippen LogP contribution in [0.25, 0.3) is 0 Å². The second-order valence-electron chi connectivity index (χ2n) is 9.35. The zero-order valence-corrected chi connectivity index (χ0v) is 26.0. The Morgan fingerprint density at radius 1 is 0.730 bits per heavy atom. The molecule has 0 radical (unpaired) electrons. The van der Waals surface area contributed by atoms with Crippen molar-refractivity contribution >= 4 is 60.1 Å². The van der Waals surface area contributed by atoms with Crippen LogP contribution in [0.3, 0.4) is 0 Å². The Bertz CT molecular complexity index is 1000. The molecule has 4 heterocycles. The van der Waals surface area contributed by atoms with Gasteiger partial charge in [0.2, 0.25) is 0 Å². The largest absolute Gasteiger partial charge is 0.378 e. The van der Waals surface area contributed by atoms with Gasteiger partial charge in [0.15, 0.2) is 0 Å². The van der Waals surface area contributed by atoms with Crippen LogP contribution >= 0.6 is 54.5 Å². The summed E-state index contributed by atoms with van der Waals surface area (Å²) in [7, 11) is 0. The Morgan fingerprint density at radius 2 is 1.24 bits per heavy atom. The molecular weight excluding hydrogens is 725 g/mol. The summed E-state index contributed by atoms with van der Waals surface area (Å²) in [4.78, 5) is 7.22.